The molecule has 1 aliphatic carbocycles. The Morgan fingerprint density at radius 1 is 1.14 bits per heavy atom. The van der Waals surface area contributed by atoms with Crippen LogP contribution in [0.4, 0.5) is 4.79 Å². The van der Waals surface area contributed by atoms with Crippen LogP contribution in [0.1, 0.15) is 43.0 Å². The summed E-state index contributed by atoms with van der Waals surface area (Å²) in [5, 5.41) is 5.00. The van der Waals surface area contributed by atoms with E-state index in [2.05, 4.69) is 17.6 Å². The van der Waals surface area contributed by atoms with Gasteiger partial charge in [0, 0.05) is 6.04 Å². The third-order valence-electron chi connectivity index (χ3n) is 5.08. The number of methoxy groups -OCH3 is 1. The van der Waals surface area contributed by atoms with Gasteiger partial charge in [-0.1, -0.05) is 19.8 Å². The number of benzene rings is 1. The predicted octanol–water partition coefficient (Wildman–Crippen LogP) is 2.03. The molecule has 1 aromatic carbocycles. The molecular weight excluding hydrogens is 380 g/mol. The maximum atomic E-state index is 12.3. The van der Waals surface area contributed by atoms with Gasteiger partial charge in [0.2, 0.25) is 5.75 Å². The predicted molar refractivity (Wildman–Crippen MR) is 102 cm³/mol. The standard InChI is InChI=1S/C20H26N2O7/c1-12-5-3-4-6-14(12)21-20(25)22-17(23)11-29-19(24)13-9-15(26-2)18-16(10-13)27-7-8-28-18/h9-10,12,14H,3-8,11H2,1-2H3,(H2,21,22,23,25)/t12-,14-/m0/s1. The second-order valence-electron chi connectivity index (χ2n) is 7.17. The molecule has 0 radical (unpaired) electrons. The van der Waals surface area contributed by atoms with Gasteiger partial charge in [-0.3, -0.25) is 10.1 Å². The zero-order valence-corrected chi connectivity index (χ0v) is 16.6. The summed E-state index contributed by atoms with van der Waals surface area (Å²) in [6.07, 6.45) is 4.15. The lowest BCUT2D eigenvalue weighted by molar-refractivity contribution is -0.123. The zero-order valence-electron chi connectivity index (χ0n) is 16.6. The number of urea groups is 1. The first-order valence-corrected chi connectivity index (χ1v) is 9.73. The Balaban J connectivity index is 1.51. The van der Waals surface area contributed by atoms with Crippen molar-refractivity contribution in [3.05, 3.63) is 17.7 Å². The van der Waals surface area contributed by atoms with Crippen molar-refractivity contribution in [2.24, 2.45) is 5.92 Å². The number of ether oxygens (including phenoxy) is 4. The van der Waals surface area contributed by atoms with Gasteiger partial charge in [0.15, 0.2) is 18.1 Å². The van der Waals surface area contributed by atoms with Gasteiger partial charge in [0.05, 0.1) is 12.7 Å². The molecule has 1 aromatic rings. The van der Waals surface area contributed by atoms with E-state index in [4.69, 9.17) is 18.9 Å². The minimum atomic E-state index is -0.739. The summed E-state index contributed by atoms with van der Waals surface area (Å²) in [6, 6.07) is 2.38. The number of rotatable bonds is 5. The molecule has 0 bridgehead atoms. The number of imide groups is 1. The first-order valence-electron chi connectivity index (χ1n) is 9.73. The summed E-state index contributed by atoms with van der Waals surface area (Å²) in [7, 11) is 1.45. The fraction of sp³-hybridized carbons (Fsp3) is 0.550. The second kappa shape index (κ2) is 9.49. The van der Waals surface area contributed by atoms with Gasteiger partial charge in [-0.25, -0.2) is 9.59 Å². The van der Waals surface area contributed by atoms with Gasteiger partial charge < -0.3 is 24.3 Å². The molecule has 1 heterocycles. The van der Waals surface area contributed by atoms with E-state index >= 15 is 0 Å². The van der Waals surface area contributed by atoms with Crippen LogP contribution in [0.2, 0.25) is 0 Å². The third kappa shape index (κ3) is 5.30. The number of carbonyl (C=O) groups excluding carboxylic acids is 3. The molecule has 9 heteroatoms. The highest BCUT2D eigenvalue weighted by Gasteiger charge is 2.24. The SMILES string of the molecule is COc1cc(C(=O)OCC(=O)NC(=O)N[C@H]2CCCC[C@@H]2C)cc2c1OCCO2. The Morgan fingerprint density at radius 2 is 1.90 bits per heavy atom. The number of hydrogen-bond acceptors (Lipinski definition) is 7. The summed E-state index contributed by atoms with van der Waals surface area (Å²) < 4.78 is 21.2. The topological polar surface area (TPSA) is 112 Å². The lowest BCUT2D eigenvalue weighted by atomic mass is 9.86. The molecule has 9 nitrogen and oxygen atoms in total. The normalized spacial score (nSPS) is 20.3. The van der Waals surface area contributed by atoms with Crippen LogP contribution in [0.3, 0.4) is 0 Å². The molecule has 1 fully saturated rings. The van der Waals surface area contributed by atoms with Crippen LogP contribution < -0.4 is 24.8 Å². The minimum absolute atomic E-state index is 0.0456. The average molecular weight is 406 g/mol. The van der Waals surface area contributed by atoms with E-state index in [-0.39, 0.29) is 11.6 Å². The molecule has 0 aromatic heterocycles. The lowest BCUT2D eigenvalue weighted by Gasteiger charge is -2.29. The Kier molecular flexibility index (Phi) is 6.79. The third-order valence-corrected chi connectivity index (χ3v) is 5.08. The van der Waals surface area contributed by atoms with E-state index in [1.807, 2.05) is 0 Å². The molecule has 2 N–H and O–H groups in total. The molecule has 0 unspecified atom stereocenters. The molecule has 3 amide bonds. The van der Waals surface area contributed by atoms with Gasteiger partial charge in [0.25, 0.3) is 5.91 Å². The van der Waals surface area contributed by atoms with Gasteiger partial charge in [-0.05, 0) is 30.9 Å². The highest BCUT2D eigenvalue weighted by atomic mass is 16.6. The van der Waals surface area contributed by atoms with E-state index in [1.54, 1.807) is 0 Å². The Bertz CT molecular complexity index is 763. The zero-order chi connectivity index (χ0) is 20.8. The number of esters is 1. The summed E-state index contributed by atoms with van der Waals surface area (Å²) in [6.45, 7) is 2.24. The molecule has 0 saturated heterocycles. The van der Waals surface area contributed by atoms with Crippen molar-refractivity contribution in [2.75, 3.05) is 26.9 Å². The number of fused-ring (bicyclic) bond motifs is 1. The number of carbonyl (C=O) groups is 3. The van der Waals surface area contributed by atoms with Crippen LogP contribution in [-0.2, 0) is 9.53 Å². The first kappa shape index (κ1) is 20.8. The molecule has 2 aliphatic rings. The molecule has 2 atom stereocenters. The molecule has 158 valence electrons. The molecule has 3 rings (SSSR count). The number of nitrogens with one attached hydrogen (secondary N) is 2. The highest BCUT2D eigenvalue weighted by Crippen LogP contribution is 2.40. The first-order chi connectivity index (χ1) is 14.0. The largest absolute Gasteiger partial charge is 0.493 e. The van der Waals surface area contributed by atoms with Crippen molar-refractivity contribution in [1.29, 1.82) is 0 Å². The van der Waals surface area contributed by atoms with Crippen LogP contribution >= 0.6 is 0 Å². The van der Waals surface area contributed by atoms with Crippen molar-refractivity contribution in [3.8, 4) is 17.2 Å². The van der Waals surface area contributed by atoms with E-state index in [9.17, 15) is 14.4 Å². The van der Waals surface area contributed by atoms with Gasteiger partial charge in [0.1, 0.15) is 13.2 Å². The van der Waals surface area contributed by atoms with Crippen molar-refractivity contribution in [1.82, 2.24) is 10.6 Å². The molecular formula is C20H26N2O7. The quantitative estimate of drug-likeness (QED) is 0.720. The van der Waals surface area contributed by atoms with Crippen molar-refractivity contribution >= 4 is 17.9 Å². The molecule has 0 spiro atoms. The smallest absolute Gasteiger partial charge is 0.338 e. The van der Waals surface area contributed by atoms with Crippen molar-refractivity contribution in [2.45, 2.75) is 38.6 Å². The van der Waals surface area contributed by atoms with E-state index in [1.165, 1.54) is 19.2 Å². The summed E-state index contributed by atoms with van der Waals surface area (Å²) >= 11 is 0. The van der Waals surface area contributed by atoms with E-state index < -0.39 is 24.5 Å². The monoisotopic (exact) mass is 406 g/mol. The summed E-state index contributed by atoms with van der Waals surface area (Å²) in [4.78, 5) is 36.2. The summed E-state index contributed by atoms with van der Waals surface area (Å²) in [5.41, 5.74) is 0.152. The van der Waals surface area contributed by atoms with Crippen LogP contribution in [-0.4, -0.2) is 50.9 Å². The Labute approximate surface area is 169 Å². The fourth-order valence-corrected chi connectivity index (χ4v) is 3.50. The van der Waals surface area contributed by atoms with Crippen LogP contribution in [0.15, 0.2) is 12.1 Å². The number of hydrogen-bond donors (Lipinski definition) is 2. The summed E-state index contributed by atoms with van der Waals surface area (Å²) in [5.74, 6) is 0.0439. The average Bonchev–Trinajstić information content (AvgIpc) is 2.72. The van der Waals surface area contributed by atoms with Crippen molar-refractivity contribution < 1.29 is 33.3 Å². The number of amides is 3. The van der Waals surface area contributed by atoms with Crippen LogP contribution in [0.5, 0.6) is 17.2 Å². The van der Waals surface area contributed by atoms with Crippen LogP contribution in [0.25, 0.3) is 0 Å². The Morgan fingerprint density at radius 3 is 2.66 bits per heavy atom. The maximum absolute atomic E-state index is 12.3. The Hall–Kier alpha value is -2.97. The molecule has 29 heavy (non-hydrogen) atoms. The highest BCUT2D eigenvalue weighted by molar-refractivity contribution is 5.97. The molecule has 1 saturated carbocycles. The lowest BCUT2D eigenvalue weighted by Crippen LogP contribution is -2.48. The molecule has 1 aliphatic heterocycles. The minimum Gasteiger partial charge on any atom is -0.493 e. The van der Waals surface area contributed by atoms with Crippen molar-refractivity contribution in [3.63, 3.8) is 0 Å². The van der Waals surface area contributed by atoms with E-state index in [0.717, 1.165) is 25.7 Å². The van der Waals surface area contributed by atoms with Gasteiger partial charge in [-0.2, -0.15) is 0 Å². The van der Waals surface area contributed by atoms with Gasteiger partial charge >= 0.3 is 12.0 Å². The van der Waals surface area contributed by atoms with Gasteiger partial charge in [-0.15, -0.1) is 0 Å². The van der Waals surface area contributed by atoms with Crippen LogP contribution in [0, 0.1) is 5.92 Å². The maximum Gasteiger partial charge on any atom is 0.338 e. The van der Waals surface area contributed by atoms with E-state index in [0.29, 0.717) is 36.4 Å². The second-order valence-corrected chi connectivity index (χ2v) is 7.17. The fourth-order valence-electron chi connectivity index (χ4n) is 3.50.